The zero-order valence-electron chi connectivity index (χ0n) is 21.1. The summed E-state index contributed by atoms with van der Waals surface area (Å²) in [5.41, 5.74) is 7.28. The van der Waals surface area contributed by atoms with Gasteiger partial charge in [-0.15, -0.1) is 0 Å². The lowest BCUT2D eigenvalue weighted by Gasteiger charge is -2.16. The summed E-state index contributed by atoms with van der Waals surface area (Å²) in [5.74, 6) is -0.0807. The molecule has 2 amide bonds. The zero-order valence-corrected chi connectivity index (χ0v) is 21.1. The van der Waals surface area contributed by atoms with Crippen LogP contribution in [-0.2, 0) is 28.2 Å². The monoisotopic (exact) mass is 538 g/mol. The largest absolute Gasteiger partial charge is 0.465 e. The van der Waals surface area contributed by atoms with Crippen LogP contribution in [-0.4, -0.2) is 33.4 Å². The van der Waals surface area contributed by atoms with Gasteiger partial charge in [0.25, 0.3) is 0 Å². The number of nitrogens with one attached hydrogen (secondary N) is 2. The molecule has 0 radical (unpaired) electrons. The highest BCUT2D eigenvalue weighted by molar-refractivity contribution is 6.03. The molecule has 0 bridgehead atoms. The molecule has 12 heteroatoms. The van der Waals surface area contributed by atoms with Crippen LogP contribution in [0.5, 0.6) is 0 Å². The van der Waals surface area contributed by atoms with Gasteiger partial charge in [-0.1, -0.05) is 18.2 Å². The van der Waals surface area contributed by atoms with Crippen molar-refractivity contribution in [1.29, 1.82) is 0 Å². The van der Waals surface area contributed by atoms with Crippen molar-refractivity contribution in [2.45, 2.75) is 31.4 Å². The zero-order chi connectivity index (χ0) is 27.9. The Balaban J connectivity index is 1.47. The van der Waals surface area contributed by atoms with Crippen LogP contribution in [0.4, 0.5) is 35.2 Å². The maximum absolute atomic E-state index is 13.0. The molecule has 0 atom stereocenters. The molecule has 1 aliphatic rings. The standard InChI is InChI=1S/C27H25F3N6O3/c1-3-39-24(37)26(10-11-26)20-14-19(21-22(31)35-36(2)23(21)34-20)15-6-4-8-17(12-15)32-25(38)33-18-9-5-7-16(13-18)27(28,29)30/h4-9,12-14H,3,10-11H2,1-2H3,(H2,31,35)(H2,32,33,38). The number of esters is 1. The number of nitrogen functional groups attached to an aromatic ring is 1. The topological polar surface area (TPSA) is 124 Å². The molecule has 0 aliphatic heterocycles. The number of carbonyl (C=O) groups is 2. The molecular weight excluding hydrogens is 513 g/mol. The number of urea groups is 1. The van der Waals surface area contributed by atoms with Crippen LogP contribution in [0.1, 0.15) is 31.0 Å². The molecular formula is C27H25F3N6O3. The number of hydrogen-bond donors (Lipinski definition) is 3. The van der Waals surface area contributed by atoms with Crippen LogP contribution in [0.25, 0.3) is 22.2 Å². The molecule has 0 saturated heterocycles. The highest BCUT2D eigenvalue weighted by Crippen LogP contribution is 2.50. The van der Waals surface area contributed by atoms with E-state index in [1.807, 2.05) is 6.07 Å². The minimum atomic E-state index is -4.53. The van der Waals surface area contributed by atoms with Crippen LogP contribution in [0.3, 0.4) is 0 Å². The van der Waals surface area contributed by atoms with Crippen molar-refractivity contribution >= 4 is 40.2 Å². The summed E-state index contributed by atoms with van der Waals surface area (Å²) in [6.45, 7) is 2.00. The predicted octanol–water partition coefficient (Wildman–Crippen LogP) is 5.48. The van der Waals surface area contributed by atoms with Crippen molar-refractivity contribution in [2.24, 2.45) is 7.05 Å². The van der Waals surface area contributed by atoms with Crippen molar-refractivity contribution in [3.05, 3.63) is 65.9 Å². The van der Waals surface area contributed by atoms with E-state index in [2.05, 4.69) is 15.7 Å². The quantitative estimate of drug-likeness (QED) is 0.280. The van der Waals surface area contributed by atoms with Gasteiger partial charge in [-0.05, 0) is 67.3 Å². The number of fused-ring (bicyclic) bond motifs is 1. The van der Waals surface area contributed by atoms with E-state index in [1.165, 1.54) is 12.1 Å². The Hall–Kier alpha value is -4.61. The number of anilines is 3. The number of aromatic nitrogens is 3. The third kappa shape index (κ3) is 4.97. The lowest BCUT2D eigenvalue weighted by atomic mass is 9.95. The van der Waals surface area contributed by atoms with E-state index in [0.29, 0.717) is 46.4 Å². The van der Waals surface area contributed by atoms with E-state index in [4.69, 9.17) is 15.5 Å². The number of rotatable bonds is 6. The first-order valence-electron chi connectivity index (χ1n) is 12.2. The van der Waals surface area contributed by atoms with Gasteiger partial charge in [-0.2, -0.15) is 18.3 Å². The van der Waals surface area contributed by atoms with E-state index in [0.717, 1.165) is 12.1 Å². The van der Waals surface area contributed by atoms with E-state index in [1.54, 1.807) is 42.9 Å². The van der Waals surface area contributed by atoms with Gasteiger partial charge < -0.3 is 21.1 Å². The maximum Gasteiger partial charge on any atom is 0.416 e. The van der Waals surface area contributed by atoms with Crippen molar-refractivity contribution in [3.63, 3.8) is 0 Å². The third-order valence-corrected chi connectivity index (χ3v) is 6.61. The van der Waals surface area contributed by atoms with E-state index in [9.17, 15) is 22.8 Å². The van der Waals surface area contributed by atoms with Gasteiger partial charge in [-0.25, -0.2) is 14.5 Å². The van der Waals surface area contributed by atoms with Crippen molar-refractivity contribution < 1.29 is 27.5 Å². The Kier molecular flexibility index (Phi) is 6.41. The summed E-state index contributed by atoms with van der Waals surface area (Å²) in [6, 6.07) is 12.3. The first-order chi connectivity index (χ1) is 18.5. The minimum absolute atomic E-state index is 0.00389. The second-order valence-electron chi connectivity index (χ2n) is 9.30. The first kappa shape index (κ1) is 26.0. The average Bonchev–Trinajstić information content (AvgIpc) is 3.65. The van der Waals surface area contributed by atoms with E-state index >= 15 is 0 Å². The fraction of sp³-hybridized carbons (Fsp3) is 0.259. The number of nitrogens with zero attached hydrogens (tertiary/aromatic N) is 3. The smallest absolute Gasteiger partial charge is 0.416 e. The Morgan fingerprint density at radius 1 is 1.08 bits per heavy atom. The lowest BCUT2D eigenvalue weighted by Crippen LogP contribution is -2.24. The van der Waals surface area contributed by atoms with Crippen LogP contribution in [0.2, 0.25) is 0 Å². The number of pyridine rings is 1. The second kappa shape index (κ2) is 9.61. The summed E-state index contributed by atoms with van der Waals surface area (Å²) >= 11 is 0. The molecule has 4 N–H and O–H groups in total. The molecule has 2 aromatic carbocycles. The molecule has 2 aromatic heterocycles. The van der Waals surface area contributed by atoms with Gasteiger partial charge in [0.1, 0.15) is 5.41 Å². The first-order valence-corrected chi connectivity index (χ1v) is 12.2. The molecule has 39 heavy (non-hydrogen) atoms. The van der Waals surface area contributed by atoms with Gasteiger partial charge >= 0.3 is 18.2 Å². The summed E-state index contributed by atoms with van der Waals surface area (Å²) < 4.78 is 45.9. The van der Waals surface area contributed by atoms with E-state index < -0.39 is 23.2 Å². The molecule has 202 valence electrons. The van der Waals surface area contributed by atoms with Crippen molar-refractivity contribution in [2.75, 3.05) is 23.0 Å². The summed E-state index contributed by atoms with van der Waals surface area (Å²) in [4.78, 5) is 30.1. The van der Waals surface area contributed by atoms with Crippen LogP contribution in [0, 0.1) is 0 Å². The Labute approximate surface area is 221 Å². The fourth-order valence-electron chi connectivity index (χ4n) is 4.54. The fourth-order valence-corrected chi connectivity index (χ4v) is 4.54. The number of amides is 2. The highest BCUT2D eigenvalue weighted by atomic mass is 19.4. The third-order valence-electron chi connectivity index (χ3n) is 6.61. The van der Waals surface area contributed by atoms with E-state index in [-0.39, 0.29) is 24.1 Å². The Bertz CT molecular complexity index is 1590. The van der Waals surface area contributed by atoms with Crippen LogP contribution >= 0.6 is 0 Å². The number of nitrogens with two attached hydrogens (primary N) is 1. The van der Waals surface area contributed by atoms with Crippen LogP contribution < -0.4 is 16.4 Å². The molecule has 9 nitrogen and oxygen atoms in total. The van der Waals surface area contributed by atoms with Gasteiger partial charge in [0, 0.05) is 18.4 Å². The maximum atomic E-state index is 13.0. The van der Waals surface area contributed by atoms with Gasteiger partial charge in [0.15, 0.2) is 11.5 Å². The molecule has 4 aromatic rings. The minimum Gasteiger partial charge on any atom is -0.465 e. The lowest BCUT2D eigenvalue weighted by molar-refractivity contribution is -0.146. The van der Waals surface area contributed by atoms with Gasteiger partial charge in [-0.3, -0.25) is 4.79 Å². The number of halogens is 3. The summed E-state index contributed by atoms with van der Waals surface area (Å²) in [5, 5.41) is 9.96. The number of ether oxygens (including phenoxy) is 1. The van der Waals surface area contributed by atoms with Crippen molar-refractivity contribution in [1.82, 2.24) is 14.8 Å². The van der Waals surface area contributed by atoms with Crippen LogP contribution in [0.15, 0.2) is 54.6 Å². The van der Waals surface area contributed by atoms with Gasteiger partial charge in [0.2, 0.25) is 0 Å². The summed E-state index contributed by atoms with van der Waals surface area (Å²) in [7, 11) is 1.71. The molecule has 0 unspecified atom stereocenters. The molecule has 5 rings (SSSR count). The molecule has 1 saturated carbocycles. The highest BCUT2D eigenvalue weighted by Gasteiger charge is 2.54. The Morgan fingerprint density at radius 3 is 2.38 bits per heavy atom. The normalized spacial score (nSPS) is 14.2. The SMILES string of the molecule is CCOC(=O)C1(c2cc(-c3cccc(NC(=O)Nc4cccc(C(F)(F)F)c4)c3)c3c(N)nn(C)c3n2)CC1. The molecule has 1 aliphatic carbocycles. The van der Waals surface area contributed by atoms with Crippen molar-refractivity contribution in [3.8, 4) is 11.1 Å². The number of aryl methyl sites for hydroxylation is 1. The molecule has 1 fully saturated rings. The number of benzene rings is 2. The van der Waals surface area contributed by atoms with Gasteiger partial charge in [0.05, 0.1) is 23.3 Å². The number of hydrogen-bond acceptors (Lipinski definition) is 6. The molecule has 2 heterocycles. The summed E-state index contributed by atoms with van der Waals surface area (Å²) in [6.07, 6.45) is -3.32. The Morgan fingerprint density at radius 2 is 1.74 bits per heavy atom. The number of alkyl halides is 3. The predicted molar refractivity (Wildman–Crippen MR) is 140 cm³/mol. The average molecular weight is 539 g/mol. The second-order valence-corrected chi connectivity index (χ2v) is 9.30. The number of carbonyl (C=O) groups excluding carboxylic acids is 2. The molecule has 0 spiro atoms.